The molecule has 0 spiro atoms. The van der Waals surface area contributed by atoms with Crippen LogP contribution in [0, 0.1) is 11.3 Å². The van der Waals surface area contributed by atoms with Gasteiger partial charge in [-0.25, -0.2) is 0 Å². The third-order valence-electron chi connectivity index (χ3n) is 1.87. The van der Waals surface area contributed by atoms with E-state index in [-0.39, 0.29) is 5.91 Å². The van der Waals surface area contributed by atoms with Gasteiger partial charge in [0.2, 0.25) is 5.91 Å². The van der Waals surface area contributed by atoms with Gasteiger partial charge >= 0.3 is 0 Å². The molecule has 1 amide bonds. The first-order chi connectivity index (χ1) is 5.77. The lowest BCUT2D eigenvalue weighted by Crippen LogP contribution is -2.44. The number of ether oxygens (including phenoxy) is 1. The summed E-state index contributed by atoms with van der Waals surface area (Å²) in [4.78, 5) is 12.9. The minimum atomic E-state index is -0.436. The Morgan fingerprint density at radius 1 is 1.83 bits per heavy atom. The molecule has 0 bridgehead atoms. The van der Waals surface area contributed by atoms with Gasteiger partial charge in [-0.05, 0) is 0 Å². The number of amides is 1. The molecule has 0 aromatic rings. The molecule has 1 saturated heterocycles. The molecular formula is C8H12N2O2. The minimum absolute atomic E-state index is 0.0959. The maximum Gasteiger partial charge on any atom is 0.222 e. The summed E-state index contributed by atoms with van der Waals surface area (Å²) in [5.41, 5.74) is 0. The van der Waals surface area contributed by atoms with Crippen LogP contribution in [0.15, 0.2) is 0 Å². The van der Waals surface area contributed by atoms with Crippen LogP contribution in [0.5, 0.6) is 0 Å². The molecule has 0 aromatic heterocycles. The Bertz CT molecular complexity index is 210. The van der Waals surface area contributed by atoms with E-state index < -0.39 is 6.10 Å². The average molecular weight is 168 g/mol. The van der Waals surface area contributed by atoms with Crippen LogP contribution in [-0.4, -0.2) is 36.6 Å². The molecule has 4 nitrogen and oxygen atoms in total. The maximum absolute atomic E-state index is 11.2. The molecule has 1 fully saturated rings. The van der Waals surface area contributed by atoms with Gasteiger partial charge < -0.3 is 9.64 Å². The molecular weight excluding hydrogens is 156 g/mol. The summed E-state index contributed by atoms with van der Waals surface area (Å²) in [6.07, 6.45) is 0.0623. The van der Waals surface area contributed by atoms with Crippen molar-refractivity contribution in [1.82, 2.24) is 4.90 Å². The van der Waals surface area contributed by atoms with E-state index in [1.165, 1.54) is 0 Å². The Kier molecular flexibility index (Phi) is 3.06. The van der Waals surface area contributed by atoms with Crippen molar-refractivity contribution in [2.45, 2.75) is 19.4 Å². The number of nitriles is 1. The number of carbonyl (C=O) groups excluding carboxylic acids is 1. The van der Waals surface area contributed by atoms with E-state index in [2.05, 4.69) is 0 Å². The SMILES string of the molecule is CCC(=O)N1CCOC(C#N)C1. The second-order valence-corrected chi connectivity index (χ2v) is 2.68. The normalized spacial score (nSPS) is 23.3. The van der Waals surface area contributed by atoms with Gasteiger partial charge in [0.15, 0.2) is 6.10 Å². The van der Waals surface area contributed by atoms with Crippen LogP contribution in [0.3, 0.4) is 0 Å². The molecule has 0 N–H and O–H groups in total. The zero-order valence-electron chi connectivity index (χ0n) is 7.12. The Morgan fingerprint density at radius 3 is 3.17 bits per heavy atom. The molecule has 0 aromatic carbocycles. The summed E-state index contributed by atoms with van der Waals surface area (Å²) >= 11 is 0. The van der Waals surface area contributed by atoms with Gasteiger partial charge in [-0.1, -0.05) is 6.92 Å². The van der Waals surface area contributed by atoms with Crippen LogP contribution in [0.4, 0.5) is 0 Å². The Labute approximate surface area is 71.7 Å². The molecule has 0 radical (unpaired) electrons. The van der Waals surface area contributed by atoms with Crippen molar-refractivity contribution in [2.24, 2.45) is 0 Å². The Morgan fingerprint density at radius 2 is 2.58 bits per heavy atom. The van der Waals surface area contributed by atoms with Crippen molar-refractivity contribution in [1.29, 1.82) is 5.26 Å². The van der Waals surface area contributed by atoms with E-state index in [9.17, 15) is 4.79 Å². The topological polar surface area (TPSA) is 53.3 Å². The second-order valence-electron chi connectivity index (χ2n) is 2.68. The van der Waals surface area contributed by atoms with Crippen LogP contribution in [0.2, 0.25) is 0 Å². The average Bonchev–Trinajstić information content (AvgIpc) is 2.17. The van der Waals surface area contributed by atoms with Crippen LogP contribution >= 0.6 is 0 Å². The largest absolute Gasteiger partial charge is 0.360 e. The summed E-state index contributed by atoms with van der Waals surface area (Å²) in [5.74, 6) is 0.0959. The zero-order chi connectivity index (χ0) is 8.97. The van der Waals surface area contributed by atoms with Gasteiger partial charge in [0, 0.05) is 13.0 Å². The lowest BCUT2D eigenvalue weighted by molar-refractivity contribution is -0.136. The third kappa shape index (κ3) is 1.95. The quantitative estimate of drug-likeness (QED) is 0.560. The van der Waals surface area contributed by atoms with E-state index >= 15 is 0 Å². The molecule has 1 aliphatic rings. The zero-order valence-corrected chi connectivity index (χ0v) is 7.12. The van der Waals surface area contributed by atoms with Crippen LogP contribution in [0.1, 0.15) is 13.3 Å². The van der Waals surface area contributed by atoms with E-state index in [1.807, 2.05) is 13.0 Å². The monoisotopic (exact) mass is 168 g/mol. The fraction of sp³-hybridized carbons (Fsp3) is 0.750. The number of morpholine rings is 1. The van der Waals surface area contributed by atoms with Crippen molar-refractivity contribution in [3.05, 3.63) is 0 Å². The first-order valence-electron chi connectivity index (χ1n) is 4.07. The summed E-state index contributed by atoms with van der Waals surface area (Å²) in [5, 5.41) is 8.55. The molecule has 1 atom stereocenters. The highest BCUT2D eigenvalue weighted by atomic mass is 16.5. The molecule has 12 heavy (non-hydrogen) atoms. The molecule has 1 rings (SSSR count). The number of nitrogens with zero attached hydrogens (tertiary/aromatic N) is 2. The highest BCUT2D eigenvalue weighted by Gasteiger charge is 2.22. The number of carbonyl (C=O) groups is 1. The summed E-state index contributed by atoms with van der Waals surface area (Å²) in [7, 11) is 0. The predicted molar refractivity (Wildman–Crippen MR) is 42.2 cm³/mol. The number of rotatable bonds is 1. The minimum Gasteiger partial charge on any atom is -0.360 e. The van der Waals surface area contributed by atoms with Crippen molar-refractivity contribution in [3.63, 3.8) is 0 Å². The van der Waals surface area contributed by atoms with Crippen molar-refractivity contribution >= 4 is 5.91 Å². The summed E-state index contributed by atoms with van der Waals surface area (Å²) in [6.45, 7) is 3.33. The van der Waals surface area contributed by atoms with E-state index in [0.29, 0.717) is 26.1 Å². The van der Waals surface area contributed by atoms with Gasteiger partial charge in [-0.15, -0.1) is 0 Å². The number of hydrogen-bond acceptors (Lipinski definition) is 3. The third-order valence-corrected chi connectivity index (χ3v) is 1.87. The molecule has 1 unspecified atom stereocenters. The highest BCUT2D eigenvalue weighted by molar-refractivity contribution is 5.75. The van der Waals surface area contributed by atoms with E-state index in [1.54, 1.807) is 4.90 Å². The predicted octanol–water partition coefficient (Wildman–Crippen LogP) is 0.147. The standard InChI is InChI=1S/C8H12N2O2/c1-2-8(11)10-3-4-12-7(5-9)6-10/h7H,2-4,6H2,1H3. The molecule has 1 aliphatic heterocycles. The van der Waals surface area contributed by atoms with Gasteiger partial charge in [0.05, 0.1) is 19.2 Å². The molecule has 1 heterocycles. The first kappa shape index (κ1) is 9.01. The maximum atomic E-state index is 11.2. The molecule has 0 saturated carbocycles. The molecule has 0 aliphatic carbocycles. The lowest BCUT2D eigenvalue weighted by Gasteiger charge is -2.29. The molecule has 4 heteroatoms. The van der Waals surface area contributed by atoms with Crippen LogP contribution < -0.4 is 0 Å². The van der Waals surface area contributed by atoms with E-state index in [0.717, 1.165) is 0 Å². The van der Waals surface area contributed by atoms with E-state index in [4.69, 9.17) is 10.00 Å². The fourth-order valence-electron chi connectivity index (χ4n) is 1.18. The Balaban J connectivity index is 2.47. The fourth-order valence-corrected chi connectivity index (χ4v) is 1.18. The Hall–Kier alpha value is -1.08. The lowest BCUT2D eigenvalue weighted by atomic mass is 10.2. The van der Waals surface area contributed by atoms with Gasteiger partial charge in [-0.2, -0.15) is 5.26 Å². The van der Waals surface area contributed by atoms with Crippen LogP contribution in [0.25, 0.3) is 0 Å². The summed E-state index contributed by atoms with van der Waals surface area (Å²) < 4.78 is 5.10. The van der Waals surface area contributed by atoms with Crippen molar-refractivity contribution < 1.29 is 9.53 Å². The number of hydrogen-bond donors (Lipinski definition) is 0. The van der Waals surface area contributed by atoms with Crippen molar-refractivity contribution in [3.8, 4) is 6.07 Å². The summed E-state index contributed by atoms with van der Waals surface area (Å²) in [6, 6.07) is 2.00. The van der Waals surface area contributed by atoms with Crippen LogP contribution in [-0.2, 0) is 9.53 Å². The molecule has 66 valence electrons. The van der Waals surface area contributed by atoms with Gasteiger partial charge in [-0.3, -0.25) is 4.79 Å². The first-order valence-corrected chi connectivity index (χ1v) is 4.07. The second kappa shape index (κ2) is 4.07. The van der Waals surface area contributed by atoms with Gasteiger partial charge in [0.1, 0.15) is 0 Å². The van der Waals surface area contributed by atoms with Gasteiger partial charge in [0.25, 0.3) is 0 Å². The smallest absolute Gasteiger partial charge is 0.222 e. The van der Waals surface area contributed by atoms with Crippen molar-refractivity contribution in [2.75, 3.05) is 19.7 Å². The highest BCUT2D eigenvalue weighted by Crippen LogP contribution is 2.05.